The number of ketones is 1. The Labute approximate surface area is 95.0 Å². The lowest BCUT2D eigenvalue weighted by atomic mass is 10.1. The second-order valence-electron chi connectivity index (χ2n) is 4.13. The van der Waals surface area contributed by atoms with Crippen molar-refractivity contribution in [1.82, 2.24) is 0 Å². The number of ether oxygens (including phenoxy) is 1. The Bertz CT molecular complexity index is 350. The number of aliphatic hydroxyl groups excluding tert-OH is 1. The molecular weight excluding hydrogens is 204 g/mol. The maximum atomic E-state index is 11.2. The highest BCUT2D eigenvalue weighted by molar-refractivity contribution is 5.96. The number of aliphatic hydroxyl groups is 1. The van der Waals surface area contributed by atoms with Gasteiger partial charge in [-0.15, -0.1) is 0 Å². The molecule has 1 saturated carbocycles. The van der Waals surface area contributed by atoms with Gasteiger partial charge in [0.2, 0.25) is 0 Å². The van der Waals surface area contributed by atoms with Crippen LogP contribution in [0.4, 0.5) is 0 Å². The van der Waals surface area contributed by atoms with Crippen LogP contribution >= 0.6 is 0 Å². The molecule has 1 aliphatic carbocycles. The predicted octanol–water partition coefficient (Wildman–Crippen LogP) is 2.18. The van der Waals surface area contributed by atoms with Crippen LogP contribution in [0.5, 0.6) is 5.75 Å². The summed E-state index contributed by atoms with van der Waals surface area (Å²) in [5, 5.41) is 8.71. The van der Waals surface area contributed by atoms with E-state index in [1.807, 2.05) is 0 Å². The van der Waals surface area contributed by atoms with Crippen molar-refractivity contribution >= 4 is 5.78 Å². The van der Waals surface area contributed by atoms with Crippen LogP contribution in [0.1, 0.15) is 36.0 Å². The Kier molecular flexibility index (Phi) is 3.57. The molecule has 86 valence electrons. The van der Waals surface area contributed by atoms with E-state index in [-0.39, 0.29) is 5.78 Å². The van der Waals surface area contributed by atoms with Crippen molar-refractivity contribution < 1.29 is 14.6 Å². The van der Waals surface area contributed by atoms with Crippen LogP contribution in [0.25, 0.3) is 0 Å². The fraction of sp³-hybridized carbons (Fsp3) is 0.462. The van der Waals surface area contributed by atoms with Crippen LogP contribution in [0.3, 0.4) is 0 Å². The molecule has 0 saturated heterocycles. The minimum absolute atomic E-state index is 0.257. The van der Waals surface area contributed by atoms with Crippen LogP contribution < -0.4 is 4.74 Å². The molecule has 0 amide bonds. The molecule has 0 spiro atoms. The molecule has 1 aromatic carbocycles. The fourth-order valence-corrected chi connectivity index (χ4v) is 2.01. The van der Waals surface area contributed by atoms with Crippen molar-refractivity contribution in [2.45, 2.75) is 31.8 Å². The van der Waals surface area contributed by atoms with E-state index in [0.29, 0.717) is 11.7 Å². The second-order valence-corrected chi connectivity index (χ2v) is 4.13. The Morgan fingerprint density at radius 2 is 1.88 bits per heavy atom. The molecule has 0 aliphatic heterocycles. The maximum Gasteiger partial charge on any atom is 0.188 e. The van der Waals surface area contributed by atoms with Crippen molar-refractivity contribution in [2.75, 3.05) is 6.61 Å². The summed E-state index contributed by atoms with van der Waals surface area (Å²) in [7, 11) is 0. The first-order chi connectivity index (χ1) is 7.79. The quantitative estimate of drug-likeness (QED) is 0.791. The molecule has 1 fully saturated rings. The number of carbonyl (C=O) groups excluding carboxylic acids is 1. The molecule has 3 heteroatoms. The minimum Gasteiger partial charge on any atom is -0.490 e. The van der Waals surface area contributed by atoms with Gasteiger partial charge in [-0.05, 0) is 49.9 Å². The van der Waals surface area contributed by atoms with Crippen molar-refractivity contribution in [3.63, 3.8) is 0 Å². The summed E-state index contributed by atoms with van der Waals surface area (Å²) in [5.41, 5.74) is 0.529. The number of Topliss-reactive ketones (excluding diaryl/α,β-unsaturated/α-hetero) is 1. The third kappa shape index (κ3) is 2.61. The van der Waals surface area contributed by atoms with Crippen LogP contribution in [0, 0.1) is 0 Å². The zero-order chi connectivity index (χ0) is 11.4. The molecule has 1 aliphatic rings. The van der Waals surface area contributed by atoms with E-state index in [9.17, 15) is 4.79 Å². The van der Waals surface area contributed by atoms with Gasteiger partial charge in [-0.25, -0.2) is 0 Å². The van der Waals surface area contributed by atoms with Crippen LogP contribution in [0.2, 0.25) is 0 Å². The van der Waals surface area contributed by atoms with Gasteiger partial charge in [-0.2, -0.15) is 0 Å². The van der Waals surface area contributed by atoms with E-state index >= 15 is 0 Å². The minimum atomic E-state index is -0.442. The summed E-state index contributed by atoms with van der Waals surface area (Å²) in [6.07, 6.45) is 5.06. The molecule has 2 rings (SSSR count). The normalized spacial score (nSPS) is 16.3. The Hall–Kier alpha value is -1.35. The summed E-state index contributed by atoms with van der Waals surface area (Å²) in [6, 6.07) is 6.98. The second kappa shape index (κ2) is 5.12. The summed E-state index contributed by atoms with van der Waals surface area (Å²) >= 11 is 0. The summed E-state index contributed by atoms with van der Waals surface area (Å²) in [5.74, 6) is 0.550. The predicted molar refractivity (Wildman–Crippen MR) is 60.7 cm³/mol. The van der Waals surface area contributed by atoms with Crippen molar-refractivity contribution in [2.24, 2.45) is 0 Å². The van der Waals surface area contributed by atoms with Gasteiger partial charge in [0.1, 0.15) is 12.4 Å². The number of rotatable bonds is 4. The van der Waals surface area contributed by atoms with Gasteiger partial charge in [0, 0.05) is 5.56 Å². The van der Waals surface area contributed by atoms with Crippen molar-refractivity contribution in [1.29, 1.82) is 0 Å². The number of carbonyl (C=O) groups is 1. The first kappa shape index (κ1) is 11.1. The van der Waals surface area contributed by atoms with Gasteiger partial charge in [0.05, 0.1) is 6.10 Å². The molecule has 0 heterocycles. The van der Waals surface area contributed by atoms with Gasteiger partial charge in [0.15, 0.2) is 5.78 Å². The Morgan fingerprint density at radius 3 is 2.44 bits per heavy atom. The zero-order valence-electron chi connectivity index (χ0n) is 9.19. The van der Waals surface area contributed by atoms with Gasteiger partial charge in [-0.1, -0.05) is 0 Å². The fourth-order valence-electron chi connectivity index (χ4n) is 2.01. The molecule has 16 heavy (non-hydrogen) atoms. The van der Waals surface area contributed by atoms with Crippen molar-refractivity contribution in [3.05, 3.63) is 29.8 Å². The van der Waals surface area contributed by atoms with Crippen LogP contribution in [-0.2, 0) is 0 Å². The highest BCUT2D eigenvalue weighted by Crippen LogP contribution is 2.24. The molecule has 0 unspecified atom stereocenters. The monoisotopic (exact) mass is 220 g/mol. The standard InChI is InChI=1S/C13H16O3/c14-9-13(15)10-5-7-12(8-6-10)16-11-3-1-2-4-11/h5-8,11,14H,1-4,9H2. The van der Waals surface area contributed by atoms with E-state index < -0.39 is 6.61 Å². The van der Waals surface area contributed by atoms with E-state index in [2.05, 4.69) is 0 Å². The molecule has 1 N–H and O–H groups in total. The van der Waals surface area contributed by atoms with Gasteiger partial charge in [-0.3, -0.25) is 4.79 Å². The third-order valence-electron chi connectivity index (χ3n) is 2.92. The first-order valence-electron chi connectivity index (χ1n) is 5.70. The summed E-state index contributed by atoms with van der Waals surface area (Å²) < 4.78 is 5.77. The van der Waals surface area contributed by atoms with E-state index in [4.69, 9.17) is 9.84 Å². The highest BCUT2D eigenvalue weighted by atomic mass is 16.5. The van der Waals surface area contributed by atoms with Gasteiger partial charge < -0.3 is 9.84 Å². The van der Waals surface area contributed by atoms with E-state index in [1.165, 1.54) is 12.8 Å². The lowest BCUT2D eigenvalue weighted by molar-refractivity contribution is 0.0903. The van der Waals surface area contributed by atoms with Gasteiger partial charge in [0.25, 0.3) is 0 Å². The average molecular weight is 220 g/mol. The number of hydrogen-bond donors (Lipinski definition) is 1. The largest absolute Gasteiger partial charge is 0.490 e. The zero-order valence-corrected chi connectivity index (χ0v) is 9.19. The third-order valence-corrected chi connectivity index (χ3v) is 2.92. The highest BCUT2D eigenvalue weighted by Gasteiger charge is 2.16. The van der Waals surface area contributed by atoms with Crippen molar-refractivity contribution in [3.8, 4) is 5.75 Å². The SMILES string of the molecule is O=C(CO)c1ccc(OC2CCCC2)cc1. The first-order valence-corrected chi connectivity index (χ1v) is 5.70. The molecule has 0 aromatic heterocycles. The van der Waals surface area contributed by atoms with Crippen LogP contribution in [0.15, 0.2) is 24.3 Å². The van der Waals surface area contributed by atoms with E-state index in [0.717, 1.165) is 18.6 Å². The maximum absolute atomic E-state index is 11.2. The molecule has 0 bridgehead atoms. The average Bonchev–Trinajstić information content (AvgIpc) is 2.82. The lowest BCUT2D eigenvalue weighted by Gasteiger charge is -2.12. The Balaban J connectivity index is 1.98. The molecule has 0 atom stereocenters. The van der Waals surface area contributed by atoms with Gasteiger partial charge >= 0.3 is 0 Å². The number of benzene rings is 1. The summed E-state index contributed by atoms with van der Waals surface area (Å²) in [6.45, 7) is -0.442. The molecule has 1 aromatic rings. The number of hydrogen-bond acceptors (Lipinski definition) is 3. The Morgan fingerprint density at radius 1 is 1.25 bits per heavy atom. The summed E-state index contributed by atoms with van der Waals surface area (Å²) in [4.78, 5) is 11.2. The van der Waals surface area contributed by atoms with E-state index in [1.54, 1.807) is 24.3 Å². The lowest BCUT2D eigenvalue weighted by Crippen LogP contribution is -2.11. The molecule has 3 nitrogen and oxygen atoms in total. The smallest absolute Gasteiger partial charge is 0.188 e. The molecular formula is C13H16O3. The van der Waals surface area contributed by atoms with Crippen LogP contribution in [-0.4, -0.2) is 23.6 Å². The molecule has 0 radical (unpaired) electrons. The topological polar surface area (TPSA) is 46.5 Å².